The minimum absolute atomic E-state index is 0.0996. The van der Waals surface area contributed by atoms with Gasteiger partial charge in [-0.2, -0.15) is 0 Å². The third-order valence-corrected chi connectivity index (χ3v) is 1.57. The lowest BCUT2D eigenvalue weighted by molar-refractivity contribution is 0.111. The second-order valence-corrected chi connectivity index (χ2v) is 4.03. The largest absolute Gasteiger partial charge is 0.504 e. The van der Waals surface area contributed by atoms with Crippen LogP contribution in [0.5, 0.6) is 11.5 Å². The molecule has 3 heteroatoms. The van der Waals surface area contributed by atoms with Gasteiger partial charge in [0.05, 0.1) is 5.56 Å². The van der Waals surface area contributed by atoms with Gasteiger partial charge in [0.25, 0.3) is 0 Å². The Labute approximate surface area is 83.3 Å². The zero-order valence-corrected chi connectivity index (χ0v) is 8.57. The average Bonchev–Trinajstić information content (AvgIpc) is 2.06. The summed E-state index contributed by atoms with van der Waals surface area (Å²) in [6.07, 6.45) is 0.602. The molecule has 1 aromatic rings. The van der Waals surface area contributed by atoms with Gasteiger partial charge in [-0.05, 0) is 32.9 Å². The van der Waals surface area contributed by atoms with E-state index in [1.54, 1.807) is 12.1 Å². The van der Waals surface area contributed by atoms with Gasteiger partial charge < -0.3 is 9.84 Å². The van der Waals surface area contributed by atoms with Gasteiger partial charge in [0.1, 0.15) is 5.60 Å². The zero-order valence-electron chi connectivity index (χ0n) is 8.57. The maximum Gasteiger partial charge on any atom is 0.168 e. The molecule has 1 aromatic carbocycles. The number of ether oxygens (including phenoxy) is 1. The topological polar surface area (TPSA) is 46.5 Å². The Bertz CT molecular complexity index is 337. The lowest BCUT2D eigenvalue weighted by atomic mass is 10.1. The van der Waals surface area contributed by atoms with Crippen LogP contribution in [-0.4, -0.2) is 17.0 Å². The standard InChI is InChI=1S/C11H14O3/c1-11(2,3)14-9-6-4-5-8(7-12)10(9)13/h4-7,13H,1-3H3. The summed E-state index contributed by atoms with van der Waals surface area (Å²) in [7, 11) is 0. The highest BCUT2D eigenvalue weighted by Crippen LogP contribution is 2.31. The van der Waals surface area contributed by atoms with Crippen LogP contribution >= 0.6 is 0 Å². The van der Waals surface area contributed by atoms with Gasteiger partial charge in [-0.1, -0.05) is 6.07 Å². The van der Waals surface area contributed by atoms with Gasteiger partial charge in [0.2, 0.25) is 0 Å². The van der Waals surface area contributed by atoms with Crippen molar-refractivity contribution in [1.82, 2.24) is 0 Å². The lowest BCUT2D eigenvalue weighted by Crippen LogP contribution is -2.23. The summed E-state index contributed by atoms with van der Waals surface area (Å²) in [5.41, 5.74) is -0.148. The number of para-hydroxylation sites is 1. The van der Waals surface area contributed by atoms with Crippen molar-refractivity contribution in [3.63, 3.8) is 0 Å². The third kappa shape index (κ3) is 2.49. The van der Waals surface area contributed by atoms with Crippen LogP contribution in [0.25, 0.3) is 0 Å². The third-order valence-electron chi connectivity index (χ3n) is 1.57. The second-order valence-electron chi connectivity index (χ2n) is 4.03. The van der Waals surface area contributed by atoms with Gasteiger partial charge in [0.15, 0.2) is 17.8 Å². The minimum Gasteiger partial charge on any atom is -0.504 e. The van der Waals surface area contributed by atoms with Crippen LogP contribution in [-0.2, 0) is 0 Å². The molecule has 0 saturated carbocycles. The number of aromatic hydroxyl groups is 1. The average molecular weight is 194 g/mol. The van der Waals surface area contributed by atoms with Crippen LogP contribution in [0.2, 0.25) is 0 Å². The van der Waals surface area contributed by atoms with Crippen LogP contribution in [0.1, 0.15) is 31.1 Å². The van der Waals surface area contributed by atoms with E-state index in [0.29, 0.717) is 12.0 Å². The van der Waals surface area contributed by atoms with Crippen molar-refractivity contribution in [3.8, 4) is 11.5 Å². The highest BCUT2D eigenvalue weighted by molar-refractivity contribution is 5.80. The van der Waals surface area contributed by atoms with E-state index in [-0.39, 0.29) is 16.9 Å². The Hall–Kier alpha value is -1.51. The molecule has 0 bridgehead atoms. The molecule has 0 spiro atoms. The lowest BCUT2D eigenvalue weighted by Gasteiger charge is -2.22. The minimum atomic E-state index is -0.390. The fourth-order valence-corrected chi connectivity index (χ4v) is 1.05. The molecule has 0 fully saturated rings. The molecule has 0 aliphatic heterocycles. The van der Waals surface area contributed by atoms with Crippen LogP contribution in [0.4, 0.5) is 0 Å². The molecule has 0 aliphatic carbocycles. The molecular formula is C11H14O3. The monoisotopic (exact) mass is 194 g/mol. The SMILES string of the molecule is CC(C)(C)Oc1cccc(C=O)c1O. The van der Waals surface area contributed by atoms with E-state index in [9.17, 15) is 9.90 Å². The molecule has 0 saturated heterocycles. The van der Waals surface area contributed by atoms with Gasteiger partial charge >= 0.3 is 0 Å². The highest BCUT2D eigenvalue weighted by Gasteiger charge is 2.15. The number of hydrogen-bond acceptors (Lipinski definition) is 3. The van der Waals surface area contributed by atoms with Crippen LogP contribution in [0.3, 0.4) is 0 Å². The van der Waals surface area contributed by atoms with Crippen molar-refractivity contribution in [2.45, 2.75) is 26.4 Å². The molecule has 0 radical (unpaired) electrons. The fourth-order valence-electron chi connectivity index (χ4n) is 1.05. The summed E-state index contributed by atoms with van der Waals surface area (Å²) < 4.78 is 5.47. The molecule has 0 aromatic heterocycles. The van der Waals surface area contributed by atoms with E-state index < -0.39 is 0 Å². The van der Waals surface area contributed by atoms with Gasteiger partial charge in [-0.3, -0.25) is 4.79 Å². The van der Waals surface area contributed by atoms with E-state index in [0.717, 1.165) is 0 Å². The number of hydrogen-bond donors (Lipinski definition) is 1. The van der Waals surface area contributed by atoms with Crippen molar-refractivity contribution >= 4 is 6.29 Å². The molecule has 0 atom stereocenters. The first-order valence-corrected chi connectivity index (χ1v) is 4.40. The van der Waals surface area contributed by atoms with Crippen molar-refractivity contribution in [3.05, 3.63) is 23.8 Å². The van der Waals surface area contributed by atoms with E-state index in [2.05, 4.69) is 0 Å². The Morgan fingerprint density at radius 2 is 2.00 bits per heavy atom. The number of carbonyl (C=O) groups excluding carboxylic acids is 1. The summed E-state index contributed by atoms with van der Waals surface area (Å²) in [4.78, 5) is 10.5. The summed E-state index contributed by atoms with van der Waals surface area (Å²) >= 11 is 0. The number of phenols is 1. The van der Waals surface area contributed by atoms with Gasteiger partial charge in [0, 0.05) is 0 Å². The maximum absolute atomic E-state index is 10.5. The van der Waals surface area contributed by atoms with Crippen LogP contribution in [0.15, 0.2) is 18.2 Å². The second kappa shape index (κ2) is 3.70. The first-order chi connectivity index (χ1) is 6.44. The molecule has 0 aliphatic rings. The van der Waals surface area contributed by atoms with Crippen molar-refractivity contribution in [2.24, 2.45) is 0 Å². The summed E-state index contributed by atoms with van der Waals surface area (Å²) in [6.45, 7) is 5.63. The molecule has 14 heavy (non-hydrogen) atoms. The Balaban J connectivity index is 3.04. The molecule has 0 amide bonds. The number of carbonyl (C=O) groups is 1. The van der Waals surface area contributed by atoms with E-state index in [1.807, 2.05) is 20.8 Å². The molecule has 3 nitrogen and oxygen atoms in total. The van der Waals surface area contributed by atoms with Crippen molar-refractivity contribution in [2.75, 3.05) is 0 Å². The first kappa shape index (κ1) is 10.6. The molecule has 1 rings (SSSR count). The van der Waals surface area contributed by atoms with Crippen molar-refractivity contribution in [1.29, 1.82) is 0 Å². The summed E-state index contributed by atoms with van der Waals surface area (Å²) in [6, 6.07) is 4.84. The molecule has 76 valence electrons. The Morgan fingerprint density at radius 3 is 2.50 bits per heavy atom. The molecule has 1 N–H and O–H groups in total. The van der Waals surface area contributed by atoms with Crippen LogP contribution in [0, 0.1) is 0 Å². The highest BCUT2D eigenvalue weighted by atomic mass is 16.5. The predicted molar refractivity (Wildman–Crippen MR) is 53.9 cm³/mol. The molecule has 0 heterocycles. The summed E-state index contributed by atoms with van der Waals surface area (Å²) in [5, 5.41) is 9.60. The molecular weight excluding hydrogens is 180 g/mol. The summed E-state index contributed by atoms with van der Waals surface area (Å²) in [5.74, 6) is 0.236. The van der Waals surface area contributed by atoms with Crippen molar-refractivity contribution < 1.29 is 14.6 Å². The van der Waals surface area contributed by atoms with E-state index in [4.69, 9.17) is 4.74 Å². The maximum atomic E-state index is 10.5. The Morgan fingerprint density at radius 1 is 1.36 bits per heavy atom. The van der Waals surface area contributed by atoms with Gasteiger partial charge in [-0.15, -0.1) is 0 Å². The van der Waals surface area contributed by atoms with E-state index in [1.165, 1.54) is 6.07 Å². The predicted octanol–water partition coefficient (Wildman–Crippen LogP) is 2.38. The number of benzene rings is 1. The first-order valence-electron chi connectivity index (χ1n) is 4.40. The molecule has 0 unspecified atom stereocenters. The van der Waals surface area contributed by atoms with Gasteiger partial charge in [-0.25, -0.2) is 0 Å². The quantitative estimate of drug-likeness (QED) is 0.735. The number of rotatable bonds is 2. The van der Waals surface area contributed by atoms with E-state index >= 15 is 0 Å². The van der Waals surface area contributed by atoms with Crippen LogP contribution < -0.4 is 4.74 Å². The number of phenolic OH excluding ortho intramolecular Hbond substituents is 1. The Kier molecular flexibility index (Phi) is 2.79. The number of aldehydes is 1. The zero-order chi connectivity index (χ0) is 10.8. The normalized spacial score (nSPS) is 11.1. The smallest absolute Gasteiger partial charge is 0.168 e. The fraction of sp³-hybridized carbons (Fsp3) is 0.364.